The lowest BCUT2D eigenvalue weighted by molar-refractivity contribution is 0.102. The van der Waals surface area contributed by atoms with Gasteiger partial charge in [0.25, 0.3) is 5.91 Å². The third-order valence-corrected chi connectivity index (χ3v) is 5.26. The van der Waals surface area contributed by atoms with Crippen molar-refractivity contribution in [3.05, 3.63) is 64.8 Å². The Morgan fingerprint density at radius 2 is 1.80 bits per heavy atom. The number of rotatable bonds is 5. The molecular weight excluding hydrogens is 400 g/mol. The molecule has 8 nitrogen and oxygen atoms in total. The van der Waals surface area contributed by atoms with E-state index in [4.69, 9.17) is 4.74 Å². The molecule has 0 saturated heterocycles. The molecular formula is C21H20N6O2S. The summed E-state index contributed by atoms with van der Waals surface area (Å²) in [7, 11) is 1.62. The highest BCUT2D eigenvalue weighted by molar-refractivity contribution is 7.10. The van der Waals surface area contributed by atoms with Gasteiger partial charge in [-0.1, -0.05) is 29.0 Å². The first-order chi connectivity index (χ1) is 14.5. The summed E-state index contributed by atoms with van der Waals surface area (Å²) in [4.78, 5) is 16.8. The Hall–Kier alpha value is -3.59. The Balaban J connectivity index is 1.60. The number of carbonyl (C=O) groups excluding carboxylic acids is 1. The lowest BCUT2D eigenvalue weighted by atomic mass is 10.1. The molecule has 0 atom stereocenters. The topological polar surface area (TPSA) is 94.8 Å². The van der Waals surface area contributed by atoms with Crippen molar-refractivity contribution in [2.45, 2.75) is 20.8 Å². The van der Waals surface area contributed by atoms with Crippen molar-refractivity contribution >= 4 is 22.6 Å². The average molecular weight is 420 g/mol. The van der Waals surface area contributed by atoms with E-state index in [-0.39, 0.29) is 5.91 Å². The normalized spacial score (nSPS) is 10.8. The minimum absolute atomic E-state index is 0.234. The largest absolute Gasteiger partial charge is 0.494 e. The first-order valence-corrected chi connectivity index (χ1v) is 10.0. The van der Waals surface area contributed by atoms with Gasteiger partial charge in [0, 0.05) is 17.1 Å². The fourth-order valence-electron chi connectivity index (χ4n) is 2.97. The highest BCUT2D eigenvalue weighted by atomic mass is 32.1. The molecule has 0 fully saturated rings. The molecule has 0 unspecified atom stereocenters. The fraction of sp³-hybridized carbons (Fsp3) is 0.190. The van der Waals surface area contributed by atoms with E-state index < -0.39 is 0 Å². The van der Waals surface area contributed by atoms with Crippen LogP contribution in [-0.2, 0) is 0 Å². The van der Waals surface area contributed by atoms with Crippen molar-refractivity contribution < 1.29 is 9.53 Å². The summed E-state index contributed by atoms with van der Waals surface area (Å²) in [6, 6.07) is 13.2. The van der Waals surface area contributed by atoms with Gasteiger partial charge in [0.1, 0.15) is 11.4 Å². The molecule has 4 rings (SSSR count). The summed E-state index contributed by atoms with van der Waals surface area (Å²) in [6.07, 6.45) is 0. The molecule has 2 aromatic heterocycles. The van der Waals surface area contributed by atoms with Crippen LogP contribution in [-0.4, -0.2) is 37.4 Å². The number of methoxy groups -OCH3 is 1. The monoisotopic (exact) mass is 420 g/mol. The Bertz CT molecular complexity index is 1210. The van der Waals surface area contributed by atoms with Crippen molar-refractivity contribution in [1.29, 1.82) is 0 Å². The van der Waals surface area contributed by atoms with Crippen LogP contribution in [0, 0.1) is 20.8 Å². The van der Waals surface area contributed by atoms with E-state index in [1.54, 1.807) is 23.9 Å². The Morgan fingerprint density at radius 1 is 1.07 bits per heavy atom. The zero-order valence-electron chi connectivity index (χ0n) is 17.0. The lowest BCUT2D eigenvalue weighted by Crippen LogP contribution is -2.11. The number of benzene rings is 2. The number of ether oxygens (including phenoxy) is 1. The first kappa shape index (κ1) is 19.7. The van der Waals surface area contributed by atoms with E-state index in [2.05, 4.69) is 25.0 Å². The van der Waals surface area contributed by atoms with Gasteiger partial charge in [-0.3, -0.25) is 10.1 Å². The molecule has 4 aromatic rings. The molecule has 0 bridgehead atoms. The number of nitrogens with zero attached hydrogens (tertiary/aromatic N) is 5. The van der Waals surface area contributed by atoms with Gasteiger partial charge in [0.2, 0.25) is 5.13 Å². The van der Waals surface area contributed by atoms with Crippen molar-refractivity contribution in [3.8, 4) is 23.0 Å². The van der Waals surface area contributed by atoms with Gasteiger partial charge in [-0.15, -0.1) is 5.10 Å². The number of aromatic nitrogens is 5. The Morgan fingerprint density at radius 3 is 2.53 bits per heavy atom. The Kier molecular flexibility index (Phi) is 5.28. The Labute approximate surface area is 177 Å². The average Bonchev–Trinajstić information content (AvgIpc) is 3.34. The molecule has 1 amide bonds. The second-order valence-corrected chi connectivity index (χ2v) is 7.61. The number of amides is 1. The molecule has 2 heterocycles. The molecule has 0 aliphatic carbocycles. The molecule has 0 radical (unpaired) electrons. The fourth-order valence-corrected chi connectivity index (χ4v) is 3.54. The SMILES string of the molecule is COc1ccc(C)cc1-n1nnc(-c2nsc(NC(=O)c3ccc(C)cc3)n2)c1C. The van der Waals surface area contributed by atoms with Crippen molar-refractivity contribution in [2.24, 2.45) is 0 Å². The van der Waals surface area contributed by atoms with E-state index in [0.29, 0.717) is 28.0 Å². The van der Waals surface area contributed by atoms with E-state index >= 15 is 0 Å². The zero-order valence-corrected chi connectivity index (χ0v) is 17.8. The number of aryl methyl sites for hydroxylation is 2. The quantitative estimate of drug-likeness (QED) is 0.525. The number of carbonyl (C=O) groups is 1. The number of nitrogens with one attached hydrogen (secondary N) is 1. The molecule has 152 valence electrons. The number of anilines is 1. The molecule has 0 spiro atoms. The predicted octanol–water partition coefficient (Wildman–Crippen LogP) is 3.97. The maximum atomic E-state index is 12.4. The molecule has 0 aliphatic heterocycles. The summed E-state index contributed by atoms with van der Waals surface area (Å²) >= 11 is 1.10. The van der Waals surface area contributed by atoms with Crippen LogP contribution in [0.5, 0.6) is 5.75 Å². The molecule has 2 aromatic carbocycles. The minimum Gasteiger partial charge on any atom is -0.494 e. The predicted molar refractivity (Wildman–Crippen MR) is 115 cm³/mol. The highest BCUT2D eigenvalue weighted by Gasteiger charge is 2.19. The second kappa shape index (κ2) is 8.03. The summed E-state index contributed by atoms with van der Waals surface area (Å²) < 4.78 is 11.5. The van der Waals surface area contributed by atoms with E-state index in [9.17, 15) is 4.79 Å². The minimum atomic E-state index is -0.234. The zero-order chi connectivity index (χ0) is 21.3. The highest BCUT2D eigenvalue weighted by Crippen LogP contribution is 2.28. The third-order valence-electron chi connectivity index (χ3n) is 4.63. The molecule has 0 saturated carbocycles. The van der Waals surface area contributed by atoms with E-state index in [0.717, 1.165) is 34.0 Å². The summed E-state index contributed by atoms with van der Waals surface area (Å²) in [5.74, 6) is 0.870. The van der Waals surface area contributed by atoms with E-state index in [1.165, 1.54) is 0 Å². The molecule has 0 aliphatic rings. The third kappa shape index (κ3) is 3.79. The van der Waals surface area contributed by atoms with Crippen LogP contribution in [0.4, 0.5) is 5.13 Å². The lowest BCUT2D eigenvalue weighted by Gasteiger charge is -2.10. The van der Waals surface area contributed by atoms with E-state index in [1.807, 2.05) is 51.1 Å². The van der Waals surface area contributed by atoms with Crippen molar-refractivity contribution in [3.63, 3.8) is 0 Å². The number of hydrogen-bond acceptors (Lipinski definition) is 7. The molecule has 1 N–H and O–H groups in total. The van der Waals surface area contributed by atoms with Crippen molar-refractivity contribution in [1.82, 2.24) is 24.4 Å². The standard InChI is InChI=1S/C21H20N6O2S/c1-12-5-8-15(9-6-12)20(28)23-21-22-19(25-30-21)18-14(3)27(26-24-18)16-11-13(2)7-10-17(16)29-4/h5-11H,1-4H3,(H,22,23,25,28). The van der Waals surface area contributed by atoms with Crippen LogP contribution in [0.1, 0.15) is 27.2 Å². The first-order valence-electron chi connectivity index (χ1n) is 9.25. The van der Waals surface area contributed by atoms with Gasteiger partial charge in [-0.2, -0.15) is 9.36 Å². The van der Waals surface area contributed by atoms with Crippen LogP contribution in [0.25, 0.3) is 17.2 Å². The van der Waals surface area contributed by atoms with Gasteiger partial charge in [-0.25, -0.2) is 4.68 Å². The van der Waals surface area contributed by atoms with Crippen LogP contribution < -0.4 is 10.1 Å². The second-order valence-electron chi connectivity index (χ2n) is 6.85. The maximum Gasteiger partial charge on any atom is 0.257 e. The van der Waals surface area contributed by atoms with Crippen LogP contribution in [0.15, 0.2) is 42.5 Å². The van der Waals surface area contributed by atoms with Crippen LogP contribution >= 0.6 is 11.5 Å². The van der Waals surface area contributed by atoms with Gasteiger partial charge in [0.15, 0.2) is 11.5 Å². The summed E-state index contributed by atoms with van der Waals surface area (Å²) in [5, 5.41) is 11.7. The van der Waals surface area contributed by atoms with Gasteiger partial charge < -0.3 is 4.74 Å². The summed E-state index contributed by atoms with van der Waals surface area (Å²) in [5.41, 5.74) is 4.84. The maximum absolute atomic E-state index is 12.4. The van der Waals surface area contributed by atoms with Gasteiger partial charge in [-0.05, 0) is 50.6 Å². The molecule has 9 heteroatoms. The van der Waals surface area contributed by atoms with Crippen LogP contribution in [0.2, 0.25) is 0 Å². The van der Waals surface area contributed by atoms with Gasteiger partial charge in [0.05, 0.1) is 12.8 Å². The summed E-state index contributed by atoms with van der Waals surface area (Å²) in [6.45, 7) is 5.87. The van der Waals surface area contributed by atoms with Gasteiger partial charge >= 0.3 is 0 Å². The molecule has 30 heavy (non-hydrogen) atoms. The smallest absolute Gasteiger partial charge is 0.257 e. The van der Waals surface area contributed by atoms with Crippen molar-refractivity contribution in [2.75, 3.05) is 12.4 Å². The van der Waals surface area contributed by atoms with Crippen LogP contribution in [0.3, 0.4) is 0 Å². The number of hydrogen-bond donors (Lipinski definition) is 1.